The molecule has 2 aliphatic rings. The van der Waals surface area contributed by atoms with Crippen molar-refractivity contribution < 1.29 is 5.11 Å². The second-order valence-electron chi connectivity index (χ2n) is 3.62. The molecular weight excluding hydrogens is 138 g/mol. The third-order valence-electron chi connectivity index (χ3n) is 2.90. The van der Waals surface area contributed by atoms with Gasteiger partial charge < -0.3 is 10.4 Å². The van der Waals surface area contributed by atoms with Gasteiger partial charge in [0.2, 0.25) is 0 Å². The Balaban J connectivity index is 2.08. The van der Waals surface area contributed by atoms with Crippen molar-refractivity contribution in [1.82, 2.24) is 5.32 Å². The van der Waals surface area contributed by atoms with Crippen molar-refractivity contribution in [2.24, 2.45) is 5.41 Å². The van der Waals surface area contributed by atoms with Crippen LogP contribution >= 0.6 is 0 Å². The maximum absolute atomic E-state index is 9.15. The van der Waals surface area contributed by atoms with Gasteiger partial charge in [-0.15, -0.1) is 0 Å². The van der Waals surface area contributed by atoms with E-state index in [0.29, 0.717) is 6.61 Å². The number of rotatable bonds is 2. The van der Waals surface area contributed by atoms with Crippen molar-refractivity contribution in [2.45, 2.75) is 19.3 Å². The van der Waals surface area contributed by atoms with E-state index in [1.54, 1.807) is 0 Å². The first-order valence-electron chi connectivity index (χ1n) is 4.38. The van der Waals surface area contributed by atoms with Crippen molar-refractivity contribution in [3.63, 3.8) is 0 Å². The fourth-order valence-electron chi connectivity index (χ4n) is 1.84. The van der Waals surface area contributed by atoms with E-state index in [2.05, 4.69) is 11.4 Å². The van der Waals surface area contributed by atoms with E-state index in [1.165, 1.54) is 18.4 Å². The summed E-state index contributed by atoms with van der Waals surface area (Å²) in [5, 5.41) is 12.4. The molecule has 0 saturated heterocycles. The van der Waals surface area contributed by atoms with Crippen LogP contribution in [0, 0.1) is 5.41 Å². The zero-order valence-corrected chi connectivity index (χ0v) is 6.77. The number of aliphatic hydroxyl groups is 1. The fraction of sp³-hybridized carbons (Fsp3) is 0.778. The Bertz CT molecular complexity index is 182. The molecule has 2 rings (SSSR count). The average Bonchev–Trinajstić information content (AvgIpc) is 2.86. The van der Waals surface area contributed by atoms with Gasteiger partial charge in [0.05, 0.1) is 6.61 Å². The third kappa shape index (κ3) is 1.21. The molecule has 62 valence electrons. The van der Waals surface area contributed by atoms with E-state index in [-0.39, 0.29) is 5.41 Å². The molecule has 2 nitrogen and oxygen atoms in total. The molecule has 0 amide bonds. The van der Waals surface area contributed by atoms with E-state index in [0.717, 1.165) is 19.5 Å². The maximum Gasteiger partial charge on any atom is 0.0524 e. The molecule has 0 aromatic carbocycles. The van der Waals surface area contributed by atoms with Crippen molar-refractivity contribution >= 4 is 0 Å². The van der Waals surface area contributed by atoms with Crippen LogP contribution in [0.25, 0.3) is 0 Å². The molecule has 1 aliphatic carbocycles. The molecule has 0 unspecified atom stereocenters. The minimum Gasteiger partial charge on any atom is -0.395 e. The Hall–Kier alpha value is -0.340. The van der Waals surface area contributed by atoms with Crippen molar-refractivity contribution in [3.05, 3.63) is 11.6 Å². The molecule has 1 fully saturated rings. The van der Waals surface area contributed by atoms with Gasteiger partial charge in [-0.1, -0.05) is 11.6 Å². The van der Waals surface area contributed by atoms with Crippen LogP contribution in [0.2, 0.25) is 0 Å². The SMILES string of the molecule is OCC1(C2=CCNCC2)CC1. The van der Waals surface area contributed by atoms with Crippen LogP contribution in [0.15, 0.2) is 11.6 Å². The summed E-state index contributed by atoms with van der Waals surface area (Å²) in [5.74, 6) is 0. The lowest BCUT2D eigenvalue weighted by molar-refractivity contribution is 0.230. The average molecular weight is 153 g/mol. The topological polar surface area (TPSA) is 32.3 Å². The summed E-state index contributed by atoms with van der Waals surface area (Å²) in [7, 11) is 0. The molecule has 2 N–H and O–H groups in total. The smallest absolute Gasteiger partial charge is 0.0524 e. The van der Waals surface area contributed by atoms with Gasteiger partial charge in [0.15, 0.2) is 0 Å². The number of nitrogens with one attached hydrogen (secondary N) is 1. The molecule has 0 spiro atoms. The largest absolute Gasteiger partial charge is 0.395 e. The van der Waals surface area contributed by atoms with E-state index in [4.69, 9.17) is 5.11 Å². The van der Waals surface area contributed by atoms with Gasteiger partial charge >= 0.3 is 0 Å². The Morgan fingerprint density at radius 2 is 2.36 bits per heavy atom. The molecule has 0 bridgehead atoms. The predicted octanol–water partition coefficient (Wildman–Crippen LogP) is 0.679. The van der Waals surface area contributed by atoms with E-state index >= 15 is 0 Å². The zero-order valence-electron chi connectivity index (χ0n) is 6.77. The highest BCUT2D eigenvalue weighted by Gasteiger charge is 2.44. The summed E-state index contributed by atoms with van der Waals surface area (Å²) in [6, 6.07) is 0. The number of aliphatic hydroxyl groups excluding tert-OH is 1. The highest BCUT2D eigenvalue weighted by molar-refractivity contribution is 5.24. The molecule has 0 radical (unpaired) electrons. The molecule has 1 aliphatic heterocycles. The second-order valence-corrected chi connectivity index (χ2v) is 3.62. The number of hydrogen-bond acceptors (Lipinski definition) is 2. The van der Waals surface area contributed by atoms with Crippen molar-refractivity contribution in [3.8, 4) is 0 Å². The molecule has 0 aromatic heterocycles. The summed E-state index contributed by atoms with van der Waals surface area (Å²) in [6.45, 7) is 2.45. The van der Waals surface area contributed by atoms with Gasteiger partial charge in [-0.2, -0.15) is 0 Å². The first-order chi connectivity index (χ1) is 5.37. The van der Waals surface area contributed by atoms with Gasteiger partial charge in [0, 0.05) is 12.0 Å². The van der Waals surface area contributed by atoms with Crippen LogP contribution in [0.4, 0.5) is 0 Å². The van der Waals surface area contributed by atoms with Gasteiger partial charge in [0.1, 0.15) is 0 Å². The van der Waals surface area contributed by atoms with E-state index in [1.807, 2.05) is 0 Å². The first-order valence-corrected chi connectivity index (χ1v) is 4.38. The monoisotopic (exact) mass is 153 g/mol. The molecule has 0 aromatic rings. The fourth-order valence-corrected chi connectivity index (χ4v) is 1.84. The van der Waals surface area contributed by atoms with Crippen LogP contribution in [-0.2, 0) is 0 Å². The van der Waals surface area contributed by atoms with Gasteiger partial charge in [-0.05, 0) is 25.8 Å². The Labute approximate surface area is 67.3 Å². The van der Waals surface area contributed by atoms with Crippen LogP contribution in [0.3, 0.4) is 0 Å². The summed E-state index contributed by atoms with van der Waals surface area (Å²) >= 11 is 0. The summed E-state index contributed by atoms with van der Waals surface area (Å²) in [4.78, 5) is 0. The summed E-state index contributed by atoms with van der Waals surface area (Å²) < 4.78 is 0. The first kappa shape index (κ1) is 7.32. The van der Waals surface area contributed by atoms with Gasteiger partial charge in [-0.25, -0.2) is 0 Å². The minimum atomic E-state index is 0.238. The van der Waals surface area contributed by atoms with E-state index < -0.39 is 0 Å². The highest BCUT2D eigenvalue weighted by atomic mass is 16.3. The molecule has 0 atom stereocenters. The van der Waals surface area contributed by atoms with Gasteiger partial charge in [0.25, 0.3) is 0 Å². The molecule has 2 heteroatoms. The Morgan fingerprint density at radius 3 is 2.82 bits per heavy atom. The summed E-state index contributed by atoms with van der Waals surface area (Å²) in [5.41, 5.74) is 1.74. The van der Waals surface area contributed by atoms with Crippen molar-refractivity contribution in [1.29, 1.82) is 0 Å². The van der Waals surface area contributed by atoms with Gasteiger partial charge in [-0.3, -0.25) is 0 Å². The van der Waals surface area contributed by atoms with Crippen LogP contribution < -0.4 is 5.32 Å². The second kappa shape index (κ2) is 2.61. The lowest BCUT2D eigenvalue weighted by atomic mass is 9.92. The normalized spacial score (nSPS) is 27.9. The van der Waals surface area contributed by atoms with Crippen molar-refractivity contribution in [2.75, 3.05) is 19.7 Å². The Morgan fingerprint density at radius 1 is 1.55 bits per heavy atom. The summed E-state index contributed by atoms with van der Waals surface area (Å²) in [6.07, 6.45) is 5.80. The van der Waals surface area contributed by atoms with Crippen LogP contribution in [0.5, 0.6) is 0 Å². The van der Waals surface area contributed by atoms with Crippen LogP contribution in [0.1, 0.15) is 19.3 Å². The lowest BCUT2D eigenvalue weighted by Crippen LogP contribution is -2.25. The number of hydrogen-bond donors (Lipinski definition) is 2. The van der Waals surface area contributed by atoms with Crippen LogP contribution in [-0.4, -0.2) is 24.8 Å². The molecular formula is C9H15NO. The highest BCUT2D eigenvalue weighted by Crippen LogP contribution is 2.52. The maximum atomic E-state index is 9.15. The standard InChI is InChI=1S/C9H15NO/c11-7-9(3-4-9)8-1-5-10-6-2-8/h1,10-11H,2-7H2. The molecule has 1 heterocycles. The Kier molecular flexibility index (Phi) is 1.74. The quantitative estimate of drug-likeness (QED) is 0.572. The lowest BCUT2D eigenvalue weighted by Gasteiger charge is -2.20. The molecule has 11 heavy (non-hydrogen) atoms. The minimum absolute atomic E-state index is 0.238. The predicted molar refractivity (Wildman–Crippen MR) is 44.3 cm³/mol. The zero-order chi connectivity index (χ0) is 7.73. The molecule has 1 saturated carbocycles. The van der Waals surface area contributed by atoms with E-state index in [9.17, 15) is 0 Å². The third-order valence-corrected chi connectivity index (χ3v) is 2.90.